The number of hydrogen-bond acceptors (Lipinski definition) is 4. The zero-order valence-electron chi connectivity index (χ0n) is 18.1. The molecule has 0 amide bonds. The lowest BCUT2D eigenvalue weighted by Gasteiger charge is -2.21. The van der Waals surface area contributed by atoms with Crippen LogP contribution in [0.2, 0.25) is 0 Å². The van der Waals surface area contributed by atoms with Crippen molar-refractivity contribution in [3.63, 3.8) is 0 Å². The summed E-state index contributed by atoms with van der Waals surface area (Å²) in [6, 6.07) is 13.8. The fourth-order valence-electron chi connectivity index (χ4n) is 3.55. The van der Waals surface area contributed by atoms with E-state index in [1.54, 1.807) is 6.20 Å². The SMILES string of the molecule is C#Cc1cccc(Nc2ccnc3cc(OCC)c(OC(CCC)CCC)cc23)c1. The van der Waals surface area contributed by atoms with Gasteiger partial charge in [-0.1, -0.05) is 38.7 Å². The number of anilines is 2. The highest BCUT2D eigenvalue weighted by molar-refractivity contribution is 5.95. The minimum absolute atomic E-state index is 0.178. The van der Waals surface area contributed by atoms with Crippen molar-refractivity contribution in [1.82, 2.24) is 4.98 Å². The van der Waals surface area contributed by atoms with Gasteiger partial charge in [0, 0.05) is 34.6 Å². The first-order valence-electron chi connectivity index (χ1n) is 10.7. The smallest absolute Gasteiger partial charge is 0.163 e. The number of aromatic nitrogens is 1. The number of fused-ring (bicyclic) bond motifs is 1. The van der Waals surface area contributed by atoms with Crippen molar-refractivity contribution in [3.05, 3.63) is 54.2 Å². The third-order valence-corrected chi connectivity index (χ3v) is 4.93. The summed E-state index contributed by atoms with van der Waals surface area (Å²) in [6.07, 6.45) is 11.7. The van der Waals surface area contributed by atoms with Gasteiger partial charge in [0.25, 0.3) is 0 Å². The zero-order valence-corrected chi connectivity index (χ0v) is 18.1. The van der Waals surface area contributed by atoms with E-state index in [0.717, 1.165) is 65.0 Å². The molecule has 0 fully saturated rings. The molecule has 0 saturated carbocycles. The summed E-state index contributed by atoms with van der Waals surface area (Å²) in [5.41, 5.74) is 3.57. The Morgan fingerprint density at radius 2 is 1.83 bits per heavy atom. The maximum atomic E-state index is 6.42. The number of terminal acetylenes is 1. The van der Waals surface area contributed by atoms with Gasteiger partial charge in [-0.3, -0.25) is 4.98 Å². The lowest BCUT2D eigenvalue weighted by atomic mass is 10.1. The van der Waals surface area contributed by atoms with Crippen LogP contribution in [-0.2, 0) is 0 Å². The van der Waals surface area contributed by atoms with E-state index < -0.39 is 0 Å². The molecular weight excluding hydrogens is 372 g/mol. The molecule has 0 aliphatic rings. The maximum Gasteiger partial charge on any atom is 0.163 e. The van der Waals surface area contributed by atoms with Crippen LogP contribution in [-0.4, -0.2) is 17.7 Å². The molecule has 1 N–H and O–H groups in total. The van der Waals surface area contributed by atoms with Gasteiger partial charge in [-0.05, 0) is 50.1 Å². The van der Waals surface area contributed by atoms with Crippen molar-refractivity contribution in [1.29, 1.82) is 0 Å². The average Bonchev–Trinajstić information content (AvgIpc) is 2.75. The summed E-state index contributed by atoms with van der Waals surface area (Å²) in [5.74, 6) is 4.18. The first-order chi connectivity index (χ1) is 14.7. The standard InChI is InChI=1S/C26H30N2O2/c1-5-10-21(11-6-2)30-26-17-22-23(28-20-13-9-12-19(7-3)16-20)14-15-27-24(22)18-25(26)29-8-4/h3,9,12-18,21H,5-6,8,10-11H2,1-2,4H3,(H,27,28). The van der Waals surface area contributed by atoms with E-state index >= 15 is 0 Å². The highest BCUT2D eigenvalue weighted by atomic mass is 16.5. The lowest BCUT2D eigenvalue weighted by Crippen LogP contribution is -2.16. The summed E-state index contributed by atoms with van der Waals surface area (Å²) in [4.78, 5) is 4.55. The molecule has 4 heteroatoms. The van der Waals surface area contributed by atoms with Crippen LogP contribution in [0.15, 0.2) is 48.7 Å². The van der Waals surface area contributed by atoms with Crippen LogP contribution in [0.4, 0.5) is 11.4 Å². The van der Waals surface area contributed by atoms with E-state index in [1.165, 1.54) is 0 Å². The van der Waals surface area contributed by atoms with Crippen LogP contribution < -0.4 is 14.8 Å². The van der Waals surface area contributed by atoms with Gasteiger partial charge in [-0.2, -0.15) is 0 Å². The van der Waals surface area contributed by atoms with Crippen LogP contribution in [0, 0.1) is 12.3 Å². The first kappa shape index (κ1) is 21.5. The average molecular weight is 403 g/mol. The van der Waals surface area contributed by atoms with Gasteiger partial charge < -0.3 is 14.8 Å². The monoisotopic (exact) mass is 402 g/mol. The van der Waals surface area contributed by atoms with Gasteiger partial charge in [0.15, 0.2) is 11.5 Å². The Morgan fingerprint density at radius 1 is 1.03 bits per heavy atom. The highest BCUT2D eigenvalue weighted by Crippen LogP contribution is 2.37. The quantitative estimate of drug-likeness (QED) is 0.383. The fraction of sp³-hybridized carbons (Fsp3) is 0.346. The van der Waals surface area contributed by atoms with Gasteiger partial charge in [0.05, 0.1) is 18.2 Å². The largest absolute Gasteiger partial charge is 0.490 e. The zero-order chi connectivity index (χ0) is 21.3. The molecule has 1 heterocycles. The number of nitrogens with zero attached hydrogens (tertiary/aromatic N) is 1. The molecule has 0 atom stereocenters. The van der Waals surface area contributed by atoms with Gasteiger partial charge in [0.1, 0.15) is 0 Å². The molecule has 0 spiro atoms. The summed E-state index contributed by atoms with van der Waals surface area (Å²) in [5, 5.41) is 4.45. The number of benzene rings is 2. The van der Waals surface area contributed by atoms with Crippen LogP contribution in [0.5, 0.6) is 11.5 Å². The second kappa shape index (κ2) is 10.5. The van der Waals surface area contributed by atoms with Gasteiger partial charge >= 0.3 is 0 Å². The normalized spacial score (nSPS) is 10.8. The van der Waals surface area contributed by atoms with Gasteiger partial charge in [-0.25, -0.2) is 0 Å². The van der Waals surface area contributed by atoms with Crippen molar-refractivity contribution in [2.24, 2.45) is 0 Å². The molecule has 1 aromatic heterocycles. The molecular formula is C26H30N2O2. The van der Waals surface area contributed by atoms with E-state index in [1.807, 2.05) is 49.4 Å². The van der Waals surface area contributed by atoms with Crippen LogP contribution in [0.1, 0.15) is 52.0 Å². The summed E-state index contributed by atoms with van der Waals surface area (Å²) < 4.78 is 12.3. The second-order valence-electron chi connectivity index (χ2n) is 7.27. The predicted molar refractivity (Wildman–Crippen MR) is 125 cm³/mol. The number of hydrogen-bond donors (Lipinski definition) is 1. The molecule has 156 valence electrons. The molecule has 0 radical (unpaired) electrons. The number of pyridine rings is 1. The minimum Gasteiger partial charge on any atom is -0.490 e. The fourth-order valence-corrected chi connectivity index (χ4v) is 3.55. The predicted octanol–water partition coefficient (Wildman–Crippen LogP) is 6.71. The van der Waals surface area contributed by atoms with E-state index in [9.17, 15) is 0 Å². The third kappa shape index (κ3) is 5.24. The Hall–Kier alpha value is -3.19. The molecule has 0 saturated heterocycles. The molecule has 3 aromatic rings. The van der Waals surface area contributed by atoms with Crippen molar-refractivity contribution in [3.8, 4) is 23.8 Å². The molecule has 0 aliphatic carbocycles. The molecule has 30 heavy (non-hydrogen) atoms. The Kier molecular flexibility index (Phi) is 7.57. The summed E-state index contributed by atoms with van der Waals surface area (Å²) in [6.45, 7) is 6.93. The summed E-state index contributed by atoms with van der Waals surface area (Å²) >= 11 is 0. The van der Waals surface area contributed by atoms with E-state index in [-0.39, 0.29) is 6.10 Å². The minimum atomic E-state index is 0.178. The molecule has 0 bridgehead atoms. The van der Waals surface area contributed by atoms with Crippen LogP contribution in [0.3, 0.4) is 0 Å². The Bertz CT molecular complexity index is 1020. The number of rotatable bonds is 10. The van der Waals surface area contributed by atoms with Crippen LogP contribution >= 0.6 is 0 Å². The maximum absolute atomic E-state index is 6.42. The van der Waals surface area contributed by atoms with Gasteiger partial charge in [-0.15, -0.1) is 6.42 Å². The van der Waals surface area contributed by atoms with Crippen molar-refractivity contribution < 1.29 is 9.47 Å². The van der Waals surface area contributed by atoms with Crippen LogP contribution in [0.25, 0.3) is 10.9 Å². The number of nitrogens with one attached hydrogen (secondary N) is 1. The molecule has 2 aromatic carbocycles. The lowest BCUT2D eigenvalue weighted by molar-refractivity contribution is 0.169. The van der Waals surface area contributed by atoms with E-state index in [0.29, 0.717) is 6.61 Å². The third-order valence-electron chi connectivity index (χ3n) is 4.93. The Labute approximate surface area is 179 Å². The highest BCUT2D eigenvalue weighted by Gasteiger charge is 2.16. The van der Waals surface area contributed by atoms with Crippen molar-refractivity contribution in [2.45, 2.75) is 52.6 Å². The summed E-state index contributed by atoms with van der Waals surface area (Å²) in [7, 11) is 0. The second-order valence-corrected chi connectivity index (χ2v) is 7.27. The molecule has 0 aliphatic heterocycles. The van der Waals surface area contributed by atoms with Crippen molar-refractivity contribution >= 4 is 22.3 Å². The topological polar surface area (TPSA) is 43.4 Å². The van der Waals surface area contributed by atoms with E-state index in [4.69, 9.17) is 15.9 Å². The number of ether oxygens (including phenoxy) is 2. The van der Waals surface area contributed by atoms with Gasteiger partial charge in [0.2, 0.25) is 0 Å². The molecule has 4 nitrogen and oxygen atoms in total. The Balaban J connectivity index is 2.01. The Morgan fingerprint density at radius 3 is 2.53 bits per heavy atom. The van der Waals surface area contributed by atoms with Crippen molar-refractivity contribution in [2.75, 3.05) is 11.9 Å². The van der Waals surface area contributed by atoms with E-state index in [2.05, 4.69) is 30.1 Å². The first-order valence-corrected chi connectivity index (χ1v) is 10.7. The molecule has 3 rings (SSSR count). The molecule has 0 unspecified atom stereocenters.